The Bertz CT molecular complexity index is 1050. The summed E-state index contributed by atoms with van der Waals surface area (Å²) in [6, 6.07) is 14.3. The lowest BCUT2D eigenvalue weighted by Crippen LogP contribution is -2.52. The molecule has 0 N–H and O–H groups in total. The highest BCUT2D eigenvalue weighted by Gasteiger charge is 2.47. The molecule has 4 rings (SSSR count). The minimum absolute atomic E-state index is 0.0845. The fourth-order valence-electron chi connectivity index (χ4n) is 4.74. The highest BCUT2D eigenvalue weighted by molar-refractivity contribution is 6.01. The Morgan fingerprint density at radius 3 is 1.94 bits per heavy atom. The Labute approximate surface area is 205 Å². The summed E-state index contributed by atoms with van der Waals surface area (Å²) in [6.07, 6.45) is -0.253. The Hall–Kier alpha value is -3.75. The molecule has 0 aromatic heterocycles. The van der Waals surface area contributed by atoms with E-state index in [0.717, 1.165) is 5.56 Å². The number of carbonyl (C=O) groups excluding carboxylic acids is 3. The van der Waals surface area contributed by atoms with Crippen LogP contribution in [0.1, 0.15) is 24.9 Å². The first-order valence-corrected chi connectivity index (χ1v) is 11.8. The minimum atomic E-state index is -0.549. The topological polar surface area (TPSA) is 88.6 Å². The largest absolute Gasteiger partial charge is 0.497 e. The van der Waals surface area contributed by atoms with E-state index in [9.17, 15) is 14.4 Å². The molecule has 2 aromatic carbocycles. The number of amides is 3. The number of hydrogen-bond acceptors (Lipinski definition) is 6. The summed E-state index contributed by atoms with van der Waals surface area (Å²) in [5, 5.41) is 0. The second kappa shape index (κ2) is 10.7. The molecule has 9 nitrogen and oxygen atoms in total. The van der Waals surface area contributed by atoms with Crippen molar-refractivity contribution in [1.82, 2.24) is 9.80 Å². The van der Waals surface area contributed by atoms with Gasteiger partial charge in [-0.3, -0.25) is 9.59 Å². The second-order valence-electron chi connectivity index (χ2n) is 8.50. The quantitative estimate of drug-likeness (QED) is 0.630. The van der Waals surface area contributed by atoms with Crippen LogP contribution in [0.25, 0.3) is 0 Å². The minimum Gasteiger partial charge on any atom is -0.497 e. The van der Waals surface area contributed by atoms with Crippen molar-refractivity contribution in [1.29, 1.82) is 0 Å². The highest BCUT2D eigenvalue weighted by Crippen LogP contribution is 2.43. The summed E-state index contributed by atoms with van der Waals surface area (Å²) in [5.41, 5.74) is 1.56. The zero-order chi connectivity index (χ0) is 24.9. The maximum Gasteiger partial charge on any atom is 0.409 e. The van der Waals surface area contributed by atoms with Crippen LogP contribution in [0.2, 0.25) is 0 Å². The van der Waals surface area contributed by atoms with E-state index >= 15 is 0 Å². The van der Waals surface area contributed by atoms with Gasteiger partial charge in [-0.25, -0.2) is 4.79 Å². The molecule has 0 radical (unpaired) electrons. The van der Waals surface area contributed by atoms with Gasteiger partial charge in [-0.15, -0.1) is 0 Å². The Kier molecular flexibility index (Phi) is 7.43. The van der Waals surface area contributed by atoms with E-state index in [0.29, 0.717) is 50.0 Å². The molecule has 0 spiro atoms. The van der Waals surface area contributed by atoms with Crippen molar-refractivity contribution in [2.24, 2.45) is 5.92 Å². The van der Waals surface area contributed by atoms with E-state index in [1.807, 2.05) is 36.4 Å². The van der Waals surface area contributed by atoms with Gasteiger partial charge in [0.15, 0.2) is 0 Å². The van der Waals surface area contributed by atoms with Gasteiger partial charge in [-0.2, -0.15) is 0 Å². The zero-order valence-electron chi connectivity index (χ0n) is 20.3. The van der Waals surface area contributed by atoms with Crippen LogP contribution in [0, 0.1) is 5.92 Å². The maximum absolute atomic E-state index is 13.7. The molecule has 2 aromatic rings. The lowest BCUT2D eigenvalue weighted by Gasteiger charge is -2.36. The van der Waals surface area contributed by atoms with Gasteiger partial charge in [0, 0.05) is 38.3 Å². The standard InChI is InChI=1S/C26H31N3O6/c1-4-35-26(32)28-15-13-27(14-16-28)25(31)22-17-23(30)29(19-7-11-21(34-3)12-8-19)24(22)18-5-9-20(33-2)10-6-18/h5-12,22,24H,4,13-17H2,1-3H3/t22-,24-/m1/s1. The first kappa shape index (κ1) is 24.4. The number of anilines is 1. The first-order chi connectivity index (χ1) is 17.0. The van der Waals surface area contributed by atoms with Crippen molar-refractivity contribution < 1.29 is 28.6 Å². The van der Waals surface area contributed by atoms with Crippen molar-refractivity contribution in [2.45, 2.75) is 19.4 Å². The second-order valence-corrected chi connectivity index (χ2v) is 8.50. The number of rotatable bonds is 6. The SMILES string of the molecule is CCOC(=O)N1CCN(C(=O)[C@@H]2CC(=O)N(c3ccc(OC)cc3)[C@@H]2c2ccc(OC)cc2)CC1. The van der Waals surface area contributed by atoms with Gasteiger partial charge in [-0.1, -0.05) is 12.1 Å². The van der Waals surface area contributed by atoms with Crippen molar-refractivity contribution in [3.05, 3.63) is 54.1 Å². The third kappa shape index (κ3) is 5.03. The number of methoxy groups -OCH3 is 2. The lowest BCUT2D eigenvalue weighted by atomic mass is 9.91. The van der Waals surface area contributed by atoms with E-state index in [4.69, 9.17) is 14.2 Å². The van der Waals surface area contributed by atoms with Crippen molar-refractivity contribution >= 4 is 23.6 Å². The maximum atomic E-state index is 13.7. The van der Waals surface area contributed by atoms with Crippen LogP contribution in [-0.2, 0) is 14.3 Å². The van der Waals surface area contributed by atoms with E-state index in [2.05, 4.69) is 0 Å². The van der Waals surface area contributed by atoms with E-state index in [-0.39, 0.29) is 24.3 Å². The molecule has 0 bridgehead atoms. The fraction of sp³-hybridized carbons (Fsp3) is 0.423. The summed E-state index contributed by atoms with van der Waals surface area (Å²) in [6.45, 7) is 3.69. The Morgan fingerprint density at radius 1 is 0.857 bits per heavy atom. The lowest BCUT2D eigenvalue weighted by molar-refractivity contribution is -0.138. The van der Waals surface area contributed by atoms with Crippen LogP contribution in [0.5, 0.6) is 11.5 Å². The molecule has 3 amide bonds. The third-order valence-electron chi connectivity index (χ3n) is 6.56. The third-order valence-corrected chi connectivity index (χ3v) is 6.56. The molecule has 0 unspecified atom stereocenters. The van der Waals surface area contributed by atoms with Crippen molar-refractivity contribution in [3.63, 3.8) is 0 Å². The molecule has 2 aliphatic heterocycles. The average Bonchev–Trinajstić information content (AvgIpc) is 3.25. The van der Waals surface area contributed by atoms with Crippen LogP contribution in [0.4, 0.5) is 10.5 Å². The molecule has 2 aliphatic rings. The van der Waals surface area contributed by atoms with Gasteiger partial charge in [0.2, 0.25) is 11.8 Å². The highest BCUT2D eigenvalue weighted by atomic mass is 16.6. The Morgan fingerprint density at radius 2 is 1.40 bits per heavy atom. The monoisotopic (exact) mass is 481 g/mol. The van der Waals surface area contributed by atoms with Crippen LogP contribution in [-0.4, -0.2) is 74.7 Å². The van der Waals surface area contributed by atoms with Gasteiger partial charge in [0.1, 0.15) is 11.5 Å². The molecule has 2 atom stereocenters. The molecular weight excluding hydrogens is 450 g/mol. The van der Waals surface area contributed by atoms with Gasteiger partial charge < -0.3 is 28.9 Å². The summed E-state index contributed by atoms with van der Waals surface area (Å²) in [7, 11) is 3.19. The van der Waals surface area contributed by atoms with Gasteiger partial charge in [0.05, 0.1) is 32.8 Å². The number of benzene rings is 2. The van der Waals surface area contributed by atoms with Crippen LogP contribution in [0.3, 0.4) is 0 Å². The van der Waals surface area contributed by atoms with Gasteiger partial charge >= 0.3 is 6.09 Å². The fourth-order valence-corrected chi connectivity index (χ4v) is 4.74. The van der Waals surface area contributed by atoms with E-state index in [1.54, 1.807) is 48.0 Å². The average molecular weight is 482 g/mol. The molecule has 2 heterocycles. The smallest absolute Gasteiger partial charge is 0.409 e. The molecule has 0 aliphatic carbocycles. The van der Waals surface area contributed by atoms with Crippen LogP contribution >= 0.6 is 0 Å². The Balaban J connectivity index is 1.60. The number of carbonyl (C=O) groups is 3. The van der Waals surface area contributed by atoms with Crippen molar-refractivity contribution in [3.8, 4) is 11.5 Å². The van der Waals surface area contributed by atoms with Gasteiger partial charge in [0.25, 0.3) is 0 Å². The van der Waals surface area contributed by atoms with Gasteiger partial charge in [-0.05, 0) is 48.9 Å². The zero-order valence-corrected chi connectivity index (χ0v) is 20.3. The number of hydrogen-bond donors (Lipinski definition) is 0. The predicted octanol–water partition coefficient (Wildman–Crippen LogP) is 3.10. The number of ether oxygens (including phenoxy) is 3. The molecule has 9 heteroatoms. The molecule has 186 valence electrons. The van der Waals surface area contributed by atoms with E-state index in [1.165, 1.54) is 0 Å². The van der Waals surface area contributed by atoms with E-state index < -0.39 is 12.0 Å². The first-order valence-electron chi connectivity index (χ1n) is 11.8. The molecule has 35 heavy (non-hydrogen) atoms. The summed E-state index contributed by atoms with van der Waals surface area (Å²) in [4.78, 5) is 44.1. The van der Waals surface area contributed by atoms with Crippen molar-refractivity contribution in [2.75, 3.05) is 51.9 Å². The predicted molar refractivity (Wildman–Crippen MR) is 129 cm³/mol. The molecule has 2 fully saturated rings. The molecule has 2 saturated heterocycles. The molecule has 0 saturated carbocycles. The number of nitrogens with zero attached hydrogens (tertiary/aromatic N) is 3. The number of piperazine rings is 1. The molecular formula is C26H31N3O6. The van der Waals surface area contributed by atoms with Crippen LogP contribution in [0.15, 0.2) is 48.5 Å². The van der Waals surface area contributed by atoms with Crippen LogP contribution < -0.4 is 14.4 Å². The summed E-state index contributed by atoms with van der Waals surface area (Å²) in [5.74, 6) is 0.644. The normalized spacial score (nSPS) is 20.1. The summed E-state index contributed by atoms with van der Waals surface area (Å²) < 4.78 is 15.6. The summed E-state index contributed by atoms with van der Waals surface area (Å²) >= 11 is 0.